The summed E-state index contributed by atoms with van der Waals surface area (Å²) in [7, 11) is 0. The van der Waals surface area contributed by atoms with Crippen molar-refractivity contribution in [2.45, 2.75) is 102 Å². The number of thiol groups is 1. The molecule has 0 aromatic carbocycles. The Balaban J connectivity index is 3.33. The molecule has 0 saturated heterocycles. The first-order chi connectivity index (χ1) is 9.31. The molecular formula is C16H31F3S. The Labute approximate surface area is 128 Å². The monoisotopic (exact) mass is 312 g/mol. The highest BCUT2D eigenvalue weighted by Crippen LogP contribution is 2.39. The van der Waals surface area contributed by atoms with E-state index in [0.29, 0.717) is 6.42 Å². The molecule has 20 heavy (non-hydrogen) atoms. The van der Waals surface area contributed by atoms with E-state index < -0.39 is 17.3 Å². The fourth-order valence-corrected chi connectivity index (χ4v) is 2.35. The van der Waals surface area contributed by atoms with Gasteiger partial charge in [-0.3, -0.25) is 0 Å². The van der Waals surface area contributed by atoms with Gasteiger partial charge in [-0.05, 0) is 13.3 Å². The minimum Gasteiger partial charge on any atom is -0.226 e. The lowest BCUT2D eigenvalue weighted by Crippen LogP contribution is -2.36. The smallest absolute Gasteiger partial charge is 0.226 e. The zero-order chi connectivity index (χ0) is 15.5. The van der Waals surface area contributed by atoms with Crippen LogP contribution in [0.2, 0.25) is 0 Å². The van der Waals surface area contributed by atoms with Gasteiger partial charge in [-0.2, -0.15) is 0 Å². The maximum absolute atomic E-state index is 13.3. The third-order valence-electron chi connectivity index (χ3n) is 3.76. The Morgan fingerprint density at radius 3 is 1.40 bits per heavy atom. The van der Waals surface area contributed by atoms with E-state index in [1.807, 2.05) is 0 Å². The molecule has 1 atom stereocenters. The summed E-state index contributed by atoms with van der Waals surface area (Å²) < 4.78 is 39.6. The van der Waals surface area contributed by atoms with Crippen molar-refractivity contribution >= 4 is 12.6 Å². The first-order valence-corrected chi connectivity index (χ1v) is 8.55. The molecule has 0 bridgehead atoms. The largest absolute Gasteiger partial charge is 0.290 e. The first-order valence-electron chi connectivity index (χ1n) is 8.10. The van der Waals surface area contributed by atoms with E-state index in [2.05, 4.69) is 19.6 Å². The van der Waals surface area contributed by atoms with Crippen LogP contribution >= 0.6 is 12.6 Å². The van der Waals surface area contributed by atoms with Gasteiger partial charge >= 0.3 is 0 Å². The van der Waals surface area contributed by atoms with Gasteiger partial charge in [0.1, 0.15) is 0 Å². The molecule has 0 aliphatic rings. The summed E-state index contributed by atoms with van der Waals surface area (Å²) in [6.07, 6.45) is 11.8. The Bertz CT molecular complexity index is 224. The third-order valence-corrected chi connectivity index (χ3v) is 4.09. The van der Waals surface area contributed by atoms with Crippen LogP contribution < -0.4 is 0 Å². The summed E-state index contributed by atoms with van der Waals surface area (Å²) in [5.41, 5.74) is 0. The molecule has 0 spiro atoms. The summed E-state index contributed by atoms with van der Waals surface area (Å²) >= 11 is 3.32. The maximum Gasteiger partial charge on any atom is 0.290 e. The van der Waals surface area contributed by atoms with Gasteiger partial charge in [-0.1, -0.05) is 71.1 Å². The Hall–Kier alpha value is 0.140. The molecule has 122 valence electrons. The molecule has 0 aromatic heterocycles. The van der Waals surface area contributed by atoms with Gasteiger partial charge in [0.2, 0.25) is 5.00 Å². The fourth-order valence-electron chi connectivity index (χ4n) is 2.24. The SMILES string of the molecule is CCCCCCCCCCCCCC(F)(F)C(C)(F)S. The molecule has 0 nitrogen and oxygen atoms in total. The molecule has 0 aliphatic heterocycles. The van der Waals surface area contributed by atoms with E-state index in [1.54, 1.807) is 0 Å². The van der Waals surface area contributed by atoms with E-state index in [-0.39, 0.29) is 0 Å². The van der Waals surface area contributed by atoms with Crippen molar-refractivity contribution in [1.82, 2.24) is 0 Å². The lowest BCUT2D eigenvalue weighted by atomic mass is 10.0. The first kappa shape index (κ1) is 20.1. The molecule has 0 saturated carbocycles. The molecule has 0 N–H and O–H groups in total. The molecule has 0 aliphatic carbocycles. The summed E-state index contributed by atoms with van der Waals surface area (Å²) in [4.78, 5) is 0. The Kier molecular flexibility index (Phi) is 10.9. The number of hydrogen-bond acceptors (Lipinski definition) is 1. The molecule has 0 radical (unpaired) electrons. The normalized spacial score (nSPS) is 15.3. The zero-order valence-corrected chi connectivity index (χ0v) is 14.0. The van der Waals surface area contributed by atoms with Crippen LogP contribution in [-0.4, -0.2) is 10.9 Å². The number of alkyl halides is 3. The van der Waals surface area contributed by atoms with Crippen molar-refractivity contribution < 1.29 is 13.2 Å². The third kappa shape index (κ3) is 9.95. The van der Waals surface area contributed by atoms with Crippen LogP contribution in [0.4, 0.5) is 13.2 Å². The van der Waals surface area contributed by atoms with Gasteiger partial charge in [0.25, 0.3) is 5.92 Å². The van der Waals surface area contributed by atoms with Crippen molar-refractivity contribution in [3.63, 3.8) is 0 Å². The van der Waals surface area contributed by atoms with Crippen LogP contribution in [-0.2, 0) is 0 Å². The predicted molar refractivity (Wildman–Crippen MR) is 84.5 cm³/mol. The van der Waals surface area contributed by atoms with Gasteiger partial charge < -0.3 is 0 Å². The highest BCUT2D eigenvalue weighted by molar-refractivity contribution is 7.81. The van der Waals surface area contributed by atoms with E-state index in [0.717, 1.165) is 26.2 Å². The second kappa shape index (κ2) is 10.8. The van der Waals surface area contributed by atoms with E-state index in [9.17, 15) is 13.2 Å². The standard InChI is InChI=1S/C16H31F3S/c1-3-4-5-6-7-8-9-10-11-12-13-14-16(18,19)15(2,17)20/h20H,3-14H2,1-2H3. The van der Waals surface area contributed by atoms with Gasteiger partial charge in [0.05, 0.1) is 0 Å². The number of unbranched alkanes of at least 4 members (excludes halogenated alkanes) is 10. The molecule has 0 amide bonds. The summed E-state index contributed by atoms with van der Waals surface area (Å²) in [5.74, 6) is -3.32. The van der Waals surface area contributed by atoms with Crippen molar-refractivity contribution in [1.29, 1.82) is 0 Å². The molecule has 4 heteroatoms. The van der Waals surface area contributed by atoms with E-state index >= 15 is 0 Å². The average Bonchev–Trinajstić information content (AvgIpc) is 2.34. The van der Waals surface area contributed by atoms with Crippen LogP contribution in [0.1, 0.15) is 90.9 Å². The van der Waals surface area contributed by atoms with Gasteiger partial charge in [-0.25, -0.2) is 13.2 Å². The molecule has 1 unspecified atom stereocenters. The minimum absolute atomic E-state index is 0.379. The second-order valence-electron chi connectivity index (χ2n) is 5.94. The molecule has 0 fully saturated rings. The van der Waals surface area contributed by atoms with E-state index in [1.165, 1.54) is 44.9 Å². The van der Waals surface area contributed by atoms with Crippen LogP contribution in [0, 0.1) is 0 Å². The van der Waals surface area contributed by atoms with Crippen molar-refractivity contribution in [3.05, 3.63) is 0 Å². The Morgan fingerprint density at radius 2 is 1.05 bits per heavy atom. The Morgan fingerprint density at radius 1 is 0.700 bits per heavy atom. The average molecular weight is 312 g/mol. The van der Waals surface area contributed by atoms with Crippen LogP contribution in [0.5, 0.6) is 0 Å². The zero-order valence-electron chi connectivity index (χ0n) is 13.1. The topological polar surface area (TPSA) is 0 Å². The van der Waals surface area contributed by atoms with Crippen LogP contribution in [0.25, 0.3) is 0 Å². The fraction of sp³-hybridized carbons (Fsp3) is 1.00. The summed E-state index contributed by atoms with van der Waals surface area (Å²) in [6, 6.07) is 0. The molecular weight excluding hydrogens is 281 g/mol. The van der Waals surface area contributed by atoms with Gasteiger partial charge in [-0.15, -0.1) is 12.6 Å². The van der Waals surface area contributed by atoms with Gasteiger partial charge in [0.15, 0.2) is 0 Å². The molecule has 0 heterocycles. The van der Waals surface area contributed by atoms with Crippen molar-refractivity contribution in [3.8, 4) is 0 Å². The predicted octanol–water partition coefficient (Wildman–Crippen LogP) is 6.94. The number of hydrogen-bond donors (Lipinski definition) is 1. The second-order valence-corrected chi connectivity index (χ2v) is 6.78. The minimum atomic E-state index is -3.32. The lowest BCUT2D eigenvalue weighted by molar-refractivity contribution is -0.0888. The summed E-state index contributed by atoms with van der Waals surface area (Å²) in [5, 5.41) is -2.70. The number of rotatable bonds is 13. The maximum atomic E-state index is 13.3. The number of halogens is 3. The lowest BCUT2D eigenvalue weighted by Gasteiger charge is -2.25. The van der Waals surface area contributed by atoms with Crippen LogP contribution in [0.3, 0.4) is 0 Å². The summed E-state index contributed by atoms with van der Waals surface area (Å²) in [6.45, 7) is 3.04. The van der Waals surface area contributed by atoms with E-state index in [4.69, 9.17) is 0 Å². The van der Waals surface area contributed by atoms with Crippen LogP contribution in [0.15, 0.2) is 0 Å². The highest BCUT2D eigenvalue weighted by atomic mass is 32.1. The van der Waals surface area contributed by atoms with Gasteiger partial charge in [0, 0.05) is 6.42 Å². The highest BCUT2D eigenvalue weighted by Gasteiger charge is 2.47. The van der Waals surface area contributed by atoms with Crippen molar-refractivity contribution in [2.24, 2.45) is 0 Å². The molecule has 0 aromatic rings. The van der Waals surface area contributed by atoms with Crippen molar-refractivity contribution in [2.75, 3.05) is 0 Å². The molecule has 0 rings (SSSR count). The quantitative estimate of drug-likeness (QED) is 0.276.